The first-order valence-corrected chi connectivity index (χ1v) is 8.43. The third-order valence-corrected chi connectivity index (χ3v) is 5.11. The maximum absolute atomic E-state index is 12.3. The van der Waals surface area contributed by atoms with Crippen molar-refractivity contribution >= 4 is 27.8 Å². The van der Waals surface area contributed by atoms with Crippen LogP contribution in [0, 0.1) is 5.92 Å². The molecule has 1 aromatic heterocycles. The van der Waals surface area contributed by atoms with E-state index in [9.17, 15) is 4.79 Å². The van der Waals surface area contributed by atoms with Gasteiger partial charge in [-0.1, -0.05) is 6.42 Å². The van der Waals surface area contributed by atoms with Gasteiger partial charge in [0, 0.05) is 44.5 Å². The van der Waals surface area contributed by atoms with Crippen molar-refractivity contribution in [3.05, 3.63) is 16.9 Å². The van der Waals surface area contributed by atoms with E-state index >= 15 is 0 Å². The first kappa shape index (κ1) is 14.8. The molecule has 1 aromatic rings. The third-order valence-electron chi connectivity index (χ3n) is 4.70. The van der Waals surface area contributed by atoms with Crippen LogP contribution in [0.1, 0.15) is 32.1 Å². The van der Waals surface area contributed by atoms with Gasteiger partial charge in [-0.3, -0.25) is 4.79 Å². The average molecular weight is 353 g/mol. The molecule has 2 aliphatic rings. The molecule has 114 valence electrons. The summed E-state index contributed by atoms with van der Waals surface area (Å²) in [5.74, 6) is 1.42. The number of halogens is 1. The Bertz CT molecular complexity index is 495. The van der Waals surface area contributed by atoms with E-state index in [1.54, 1.807) is 12.4 Å². The molecule has 2 fully saturated rings. The number of aromatic nitrogens is 2. The molecule has 0 unspecified atom stereocenters. The van der Waals surface area contributed by atoms with E-state index in [1.165, 1.54) is 6.42 Å². The monoisotopic (exact) mass is 352 g/mol. The predicted octanol–water partition coefficient (Wildman–Crippen LogP) is 2.47. The number of carbonyl (C=O) groups is 1. The van der Waals surface area contributed by atoms with E-state index in [-0.39, 0.29) is 0 Å². The topological polar surface area (TPSA) is 49.3 Å². The molecule has 0 atom stereocenters. The van der Waals surface area contributed by atoms with Gasteiger partial charge in [0.25, 0.3) is 0 Å². The quantitative estimate of drug-likeness (QED) is 0.838. The second-order valence-corrected chi connectivity index (χ2v) is 6.91. The maximum atomic E-state index is 12.3. The summed E-state index contributed by atoms with van der Waals surface area (Å²) in [6.45, 7) is 1.82. The number of hydrogen-bond acceptors (Lipinski definition) is 4. The van der Waals surface area contributed by atoms with Crippen LogP contribution in [0.25, 0.3) is 0 Å². The largest absolute Gasteiger partial charge is 0.342 e. The number of carbonyl (C=O) groups excluding carboxylic acids is 1. The van der Waals surface area contributed by atoms with E-state index < -0.39 is 0 Å². The van der Waals surface area contributed by atoms with Crippen molar-refractivity contribution in [1.29, 1.82) is 0 Å². The molecule has 6 heteroatoms. The summed E-state index contributed by atoms with van der Waals surface area (Å²) in [6.07, 6.45) is 8.91. The van der Waals surface area contributed by atoms with Gasteiger partial charge >= 0.3 is 0 Å². The highest BCUT2D eigenvalue weighted by Crippen LogP contribution is 2.30. The zero-order valence-corrected chi connectivity index (χ0v) is 13.9. The van der Waals surface area contributed by atoms with Crippen LogP contribution in [0.2, 0.25) is 0 Å². The molecule has 21 heavy (non-hydrogen) atoms. The first-order chi connectivity index (χ1) is 10.1. The Balaban J connectivity index is 1.54. The van der Waals surface area contributed by atoms with Gasteiger partial charge in [-0.2, -0.15) is 0 Å². The lowest BCUT2D eigenvalue weighted by Crippen LogP contribution is -2.48. The number of hydrogen-bond donors (Lipinski definition) is 0. The predicted molar refractivity (Wildman–Crippen MR) is 85.1 cm³/mol. The molecule has 2 heterocycles. The van der Waals surface area contributed by atoms with Crippen molar-refractivity contribution in [3.63, 3.8) is 0 Å². The first-order valence-electron chi connectivity index (χ1n) is 7.64. The zero-order chi connectivity index (χ0) is 14.8. The number of anilines is 1. The number of amides is 1. The van der Waals surface area contributed by atoms with Gasteiger partial charge in [0.1, 0.15) is 0 Å². The highest BCUT2D eigenvalue weighted by Gasteiger charge is 2.32. The van der Waals surface area contributed by atoms with E-state index in [2.05, 4.69) is 30.8 Å². The van der Waals surface area contributed by atoms with Crippen molar-refractivity contribution in [1.82, 2.24) is 14.9 Å². The Hall–Kier alpha value is -1.17. The van der Waals surface area contributed by atoms with Crippen LogP contribution >= 0.6 is 15.9 Å². The second-order valence-electron chi connectivity index (χ2n) is 6.00. The van der Waals surface area contributed by atoms with Crippen molar-refractivity contribution in [2.75, 3.05) is 25.0 Å². The van der Waals surface area contributed by atoms with Crippen LogP contribution in [0.4, 0.5) is 5.95 Å². The summed E-state index contributed by atoms with van der Waals surface area (Å²) in [5, 5.41) is 0. The lowest BCUT2D eigenvalue weighted by atomic mass is 9.84. The normalized spacial score (nSPS) is 20.2. The van der Waals surface area contributed by atoms with Gasteiger partial charge < -0.3 is 9.80 Å². The van der Waals surface area contributed by atoms with Gasteiger partial charge in [0.2, 0.25) is 11.9 Å². The maximum Gasteiger partial charge on any atom is 0.225 e. The Labute approximate surface area is 133 Å². The molecule has 1 saturated carbocycles. The highest BCUT2D eigenvalue weighted by atomic mass is 79.9. The van der Waals surface area contributed by atoms with Gasteiger partial charge in [-0.15, -0.1) is 0 Å². The van der Waals surface area contributed by atoms with Gasteiger partial charge in [-0.25, -0.2) is 9.97 Å². The van der Waals surface area contributed by atoms with E-state index in [4.69, 9.17) is 0 Å². The van der Waals surface area contributed by atoms with Crippen molar-refractivity contribution in [2.45, 2.75) is 38.1 Å². The number of rotatable bonds is 3. The minimum absolute atomic E-state index is 0.294. The highest BCUT2D eigenvalue weighted by molar-refractivity contribution is 9.10. The fourth-order valence-corrected chi connectivity index (χ4v) is 3.25. The minimum Gasteiger partial charge on any atom is -0.342 e. The smallest absolute Gasteiger partial charge is 0.225 e. The number of nitrogens with zero attached hydrogens (tertiary/aromatic N) is 4. The van der Waals surface area contributed by atoms with E-state index in [0.29, 0.717) is 17.9 Å². The molecule has 3 rings (SSSR count). The summed E-state index contributed by atoms with van der Waals surface area (Å²) in [6, 6.07) is 0.366. The Morgan fingerprint density at radius 2 is 1.86 bits per heavy atom. The molecule has 0 aromatic carbocycles. The van der Waals surface area contributed by atoms with Crippen LogP contribution in [0.15, 0.2) is 16.9 Å². The lowest BCUT2D eigenvalue weighted by molar-refractivity contribution is -0.139. The summed E-state index contributed by atoms with van der Waals surface area (Å²) >= 11 is 3.35. The van der Waals surface area contributed by atoms with Crippen LogP contribution in [0.5, 0.6) is 0 Å². The summed E-state index contributed by atoms with van der Waals surface area (Å²) < 4.78 is 0.895. The molecule has 0 spiro atoms. The fourth-order valence-electron chi connectivity index (χ4n) is 3.05. The number of piperidine rings is 1. The van der Waals surface area contributed by atoms with Crippen molar-refractivity contribution in [3.8, 4) is 0 Å². The summed E-state index contributed by atoms with van der Waals surface area (Å²) in [5.41, 5.74) is 0. The van der Waals surface area contributed by atoms with Crippen LogP contribution in [-0.2, 0) is 4.79 Å². The molecule has 1 aliphatic heterocycles. The second kappa shape index (κ2) is 6.30. The van der Waals surface area contributed by atoms with Crippen LogP contribution in [0.3, 0.4) is 0 Å². The third kappa shape index (κ3) is 3.20. The standard InChI is InChI=1S/C15H21BrN4O/c1-19(14(21)11-3-2-4-11)13-5-7-20(8-6-13)15-17-9-12(16)10-18-15/h9-11,13H,2-8H2,1H3. The zero-order valence-electron chi connectivity index (χ0n) is 12.3. The minimum atomic E-state index is 0.294. The molecule has 5 nitrogen and oxygen atoms in total. The molecule has 1 amide bonds. The van der Waals surface area contributed by atoms with Gasteiger partial charge in [-0.05, 0) is 41.6 Å². The van der Waals surface area contributed by atoms with Crippen LogP contribution < -0.4 is 4.90 Å². The Morgan fingerprint density at radius 1 is 1.24 bits per heavy atom. The van der Waals surface area contributed by atoms with Gasteiger partial charge in [0.05, 0.1) is 4.47 Å². The average Bonchev–Trinajstić information content (AvgIpc) is 2.46. The fraction of sp³-hybridized carbons (Fsp3) is 0.667. The lowest BCUT2D eigenvalue weighted by Gasteiger charge is -2.39. The van der Waals surface area contributed by atoms with E-state index in [1.807, 2.05) is 11.9 Å². The molecule has 0 radical (unpaired) electrons. The molecule has 1 aliphatic carbocycles. The molecular formula is C15H21BrN4O. The Morgan fingerprint density at radius 3 is 2.38 bits per heavy atom. The van der Waals surface area contributed by atoms with Crippen molar-refractivity contribution in [2.24, 2.45) is 5.92 Å². The van der Waals surface area contributed by atoms with E-state index in [0.717, 1.165) is 49.2 Å². The summed E-state index contributed by atoms with van der Waals surface area (Å²) in [7, 11) is 1.97. The van der Waals surface area contributed by atoms with Crippen molar-refractivity contribution < 1.29 is 4.79 Å². The van der Waals surface area contributed by atoms with Gasteiger partial charge in [0.15, 0.2) is 0 Å². The molecular weight excluding hydrogens is 332 g/mol. The van der Waals surface area contributed by atoms with Crippen LogP contribution in [-0.4, -0.2) is 47.0 Å². The molecule has 1 saturated heterocycles. The Kier molecular flexibility index (Phi) is 4.42. The summed E-state index contributed by atoms with van der Waals surface area (Å²) in [4.78, 5) is 25.2. The molecule has 0 bridgehead atoms. The molecule has 0 N–H and O–H groups in total. The SMILES string of the molecule is CN(C(=O)C1CCC1)C1CCN(c2ncc(Br)cn2)CC1.